The minimum Gasteiger partial charge on any atom is -0.444 e. The summed E-state index contributed by atoms with van der Waals surface area (Å²) in [5, 5.41) is 3.12. The fourth-order valence-corrected chi connectivity index (χ4v) is 4.74. The molecule has 5 nitrogen and oxygen atoms in total. The zero-order chi connectivity index (χ0) is 24.2. The second-order valence-corrected chi connectivity index (χ2v) is 10.2. The summed E-state index contributed by atoms with van der Waals surface area (Å²) in [6.07, 6.45) is 1.36. The topological polar surface area (TPSA) is 58.6 Å². The Hall–Kier alpha value is -2.53. The second-order valence-electron chi connectivity index (χ2n) is 9.90. The van der Waals surface area contributed by atoms with Crippen LogP contribution < -0.4 is 5.32 Å². The number of fused-ring (bicyclic) bond motifs is 2. The predicted octanol–water partition coefficient (Wildman–Crippen LogP) is 5.29. The standard InChI is InChI=1S/C27H35ClN2O3/c1-18(2)30(24(31)16-28)17-23(29-26(32)33-27(3,4)5)25-21-12-8-6-10-19(21)14-15-20-11-7-9-13-22(20)25/h6-13,18,23,25H,14-17H2,1-5H3,(H,29,32). The smallest absolute Gasteiger partial charge is 0.407 e. The first-order valence-electron chi connectivity index (χ1n) is 11.6. The van der Waals surface area contributed by atoms with E-state index < -0.39 is 17.7 Å². The molecule has 33 heavy (non-hydrogen) atoms. The van der Waals surface area contributed by atoms with E-state index in [4.69, 9.17) is 16.3 Å². The van der Waals surface area contributed by atoms with Gasteiger partial charge in [-0.1, -0.05) is 48.5 Å². The highest BCUT2D eigenvalue weighted by Gasteiger charge is 2.35. The average molecular weight is 471 g/mol. The Morgan fingerprint density at radius 2 is 1.55 bits per heavy atom. The molecule has 2 aromatic rings. The van der Waals surface area contributed by atoms with E-state index in [2.05, 4.69) is 41.7 Å². The first-order chi connectivity index (χ1) is 15.6. The summed E-state index contributed by atoms with van der Waals surface area (Å²) in [5.74, 6) is -0.385. The van der Waals surface area contributed by atoms with E-state index in [1.54, 1.807) is 4.90 Å². The third-order valence-corrected chi connectivity index (χ3v) is 6.23. The van der Waals surface area contributed by atoms with Crippen molar-refractivity contribution < 1.29 is 14.3 Å². The molecular formula is C27H35ClN2O3. The first kappa shape index (κ1) is 25.1. The fraction of sp³-hybridized carbons (Fsp3) is 0.481. The van der Waals surface area contributed by atoms with Gasteiger partial charge in [-0.3, -0.25) is 4.79 Å². The van der Waals surface area contributed by atoms with Crippen LogP contribution in [0.1, 0.15) is 62.8 Å². The van der Waals surface area contributed by atoms with E-state index in [1.807, 2.05) is 46.8 Å². The van der Waals surface area contributed by atoms with E-state index in [1.165, 1.54) is 22.3 Å². The number of hydrogen-bond donors (Lipinski definition) is 1. The summed E-state index contributed by atoms with van der Waals surface area (Å²) in [4.78, 5) is 27.4. The van der Waals surface area contributed by atoms with Crippen molar-refractivity contribution in [1.82, 2.24) is 10.2 Å². The third-order valence-electron chi connectivity index (χ3n) is 6.00. The number of carbonyl (C=O) groups is 2. The number of carbonyl (C=O) groups excluding carboxylic acids is 2. The maximum Gasteiger partial charge on any atom is 0.407 e. The molecule has 1 unspecified atom stereocenters. The number of nitrogens with zero attached hydrogens (tertiary/aromatic N) is 1. The number of benzene rings is 2. The minimum atomic E-state index is -0.627. The molecule has 0 bridgehead atoms. The molecule has 3 rings (SSSR count). The molecule has 1 aliphatic rings. The van der Waals surface area contributed by atoms with E-state index in [0.717, 1.165) is 12.8 Å². The van der Waals surface area contributed by atoms with Gasteiger partial charge in [0.2, 0.25) is 5.91 Å². The Balaban J connectivity index is 2.10. The fourth-order valence-electron chi connectivity index (χ4n) is 4.58. The molecule has 2 aromatic carbocycles. The van der Waals surface area contributed by atoms with Gasteiger partial charge in [-0.2, -0.15) is 0 Å². The SMILES string of the molecule is CC(C)N(CC(NC(=O)OC(C)(C)C)C1c2ccccc2CCc2ccccc21)C(=O)CCl. The Morgan fingerprint density at radius 1 is 1.03 bits per heavy atom. The molecule has 178 valence electrons. The van der Waals surface area contributed by atoms with Gasteiger partial charge in [-0.05, 0) is 69.7 Å². The van der Waals surface area contributed by atoms with Crippen LogP contribution in [0.3, 0.4) is 0 Å². The van der Waals surface area contributed by atoms with Gasteiger partial charge in [0.1, 0.15) is 11.5 Å². The summed E-state index contributed by atoms with van der Waals surface area (Å²) in [5.41, 5.74) is 4.23. The number of amides is 2. The molecule has 2 amide bonds. The average Bonchev–Trinajstić information content (AvgIpc) is 2.91. The van der Waals surface area contributed by atoms with Crippen LogP contribution in [0.25, 0.3) is 0 Å². The molecule has 0 heterocycles. The van der Waals surface area contributed by atoms with Crippen LogP contribution in [0, 0.1) is 0 Å². The van der Waals surface area contributed by atoms with Crippen LogP contribution in [0.15, 0.2) is 48.5 Å². The van der Waals surface area contributed by atoms with Crippen molar-refractivity contribution >= 4 is 23.6 Å². The zero-order valence-electron chi connectivity index (χ0n) is 20.2. The molecule has 0 saturated heterocycles. The van der Waals surface area contributed by atoms with Gasteiger partial charge >= 0.3 is 6.09 Å². The molecule has 0 aliphatic heterocycles. The number of alkyl halides is 1. The van der Waals surface area contributed by atoms with Gasteiger partial charge in [0.15, 0.2) is 0 Å². The lowest BCUT2D eigenvalue weighted by Crippen LogP contribution is -2.52. The number of alkyl carbamates (subject to hydrolysis) is 1. The van der Waals surface area contributed by atoms with Crippen molar-refractivity contribution in [2.24, 2.45) is 0 Å². The van der Waals surface area contributed by atoms with Gasteiger partial charge in [0, 0.05) is 18.5 Å². The maximum absolute atomic E-state index is 12.9. The van der Waals surface area contributed by atoms with Gasteiger partial charge in [-0.25, -0.2) is 4.79 Å². The molecule has 1 atom stereocenters. The highest BCUT2D eigenvalue weighted by Crippen LogP contribution is 2.37. The monoisotopic (exact) mass is 470 g/mol. The lowest BCUT2D eigenvalue weighted by Gasteiger charge is -2.36. The van der Waals surface area contributed by atoms with Crippen molar-refractivity contribution in [1.29, 1.82) is 0 Å². The summed E-state index contributed by atoms with van der Waals surface area (Å²) in [6, 6.07) is 16.3. The van der Waals surface area contributed by atoms with Crippen molar-refractivity contribution in [2.45, 2.75) is 71.1 Å². The normalized spacial score (nSPS) is 14.6. The van der Waals surface area contributed by atoms with Crippen molar-refractivity contribution in [3.63, 3.8) is 0 Å². The van der Waals surface area contributed by atoms with Crippen molar-refractivity contribution in [3.05, 3.63) is 70.8 Å². The summed E-state index contributed by atoms with van der Waals surface area (Å²) in [7, 11) is 0. The molecule has 0 spiro atoms. The predicted molar refractivity (Wildman–Crippen MR) is 133 cm³/mol. The Kier molecular flexibility index (Phi) is 8.06. The van der Waals surface area contributed by atoms with Crippen LogP contribution >= 0.6 is 11.6 Å². The van der Waals surface area contributed by atoms with Crippen molar-refractivity contribution in [2.75, 3.05) is 12.4 Å². The molecule has 0 radical (unpaired) electrons. The van der Waals surface area contributed by atoms with E-state index in [9.17, 15) is 9.59 Å². The number of aryl methyl sites for hydroxylation is 2. The summed E-state index contributed by atoms with van der Waals surface area (Å²) in [6.45, 7) is 9.78. The lowest BCUT2D eigenvalue weighted by atomic mass is 9.82. The van der Waals surface area contributed by atoms with Gasteiger partial charge < -0.3 is 15.0 Å². The largest absolute Gasteiger partial charge is 0.444 e. The molecule has 6 heteroatoms. The summed E-state index contributed by atoms with van der Waals surface area (Å²) < 4.78 is 5.62. The van der Waals surface area contributed by atoms with Gasteiger partial charge in [0.05, 0.1) is 6.04 Å². The Bertz CT molecular complexity index is 936. The quantitative estimate of drug-likeness (QED) is 0.584. The van der Waals surface area contributed by atoms with Crippen LogP contribution in [0.2, 0.25) is 0 Å². The Labute approximate surface area is 202 Å². The maximum atomic E-state index is 12.9. The number of rotatable bonds is 6. The summed E-state index contributed by atoms with van der Waals surface area (Å²) >= 11 is 5.94. The third kappa shape index (κ3) is 6.29. The molecule has 0 fully saturated rings. The number of nitrogens with one attached hydrogen (secondary N) is 1. The van der Waals surface area contributed by atoms with Crippen LogP contribution in [0.5, 0.6) is 0 Å². The molecule has 0 saturated carbocycles. The van der Waals surface area contributed by atoms with Gasteiger partial charge in [0.25, 0.3) is 0 Å². The van der Waals surface area contributed by atoms with Crippen LogP contribution in [0.4, 0.5) is 4.79 Å². The van der Waals surface area contributed by atoms with Crippen LogP contribution in [-0.4, -0.2) is 47.0 Å². The molecule has 0 aromatic heterocycles. The van der Waals surface area contributed by atoms with E-state index in [0.29, 0.717) is 6.54 Å². The highest BCUT2D eigenvalue weighted by molar-refractivity contribution is 6.27. The number of hydrogen-bond acceptors (Lipinski definition) is 3. The zero-order valence-corrected chi connectivity index (χ0v) is 21.0. The molecule has 1 N–H and O–H groups in total. The number of ether oxygens (including phenoxy) is 1. The Morgan fingerprint density at radius 3 is 2.00 bits per heavy atom. The van der Waals surface area contributed by atoms with Crippen molar-refractivity contribution in [3.8, 4) is 0 Å². The van der Waals surface area contributed by atoms with Crippen LogP contribution in [-0.2, 0) is 22.4 Å². The van der Waals surface area contributed by atoms with Gasteiger partial charge in [-0.15, -0.1) is 11.6 Å². The molecular weight excluding hydrogens is 436 g/mol. The highest BCUT2D eigenvalue weighted by atomic mass is 35.5. The second kappa shape index (κ2) is 10.6. The lowest BCUT2D eigenvalue weighted by molar-refractivity contribution is -0.130. The number of halogens is 1. The molecule has 1 aliphatic carbocycles. The van der Waals surface area contributed by atoms with E-state index >= 15 is 0 Å². The minimum absolute atomic E-state index is 0.0598. The first-order valence-corrected chi connectivity index (χ1v) is 12.1. The van der Waals surface area contributed by atoms with E-state index in [-0.39, 0.29) is 23.7 Å².